The molecule has 0 bridgehead atoms. The first-order valence-corrected chi connectivity index (χ1v) is 6.81. The molecule has 1 aliphatic heterocycles. The maximum absolute atomic E-state index is 12.2. The summed E-state index contributed by atoms with van der Waals surface area (Å²) in [6.45, 7) is 0. The average molecular weight is 274 g/mol. The summed E-state index contributed by atoms with van der Waals surface area (Å²) < 4.78 is 0. The molecule has 102 valence electrons. The minimum atomic E-state index is -0.757. The molecule has 3 nitrogen and oxygen atoms in total. The van der Waals surface area contributed by atoms with E-state index in [1.54, 1.807) is 0 Å². The van der Waals surface area contributed by atoms with Gasteiger partial charge in [-0.15, -0.1) is 0 Å². The highest BCUT2D eigenvalue weighted by molar-refractivity contribution is 5.97. The van der Waals surface area contributed by atoms with Crippen molar-refractivity contribution in [1.29, 1.82) is 5.26 Å². The second kappa shape index (κ2) is 5.64. The van der Waals surface area contributed by atoms with E-state index in [9.17, 15) is 10.1 Å². The van der Waals surface area contributed by atoms with E-state index in [-0.39, 0.29) is 11.9 Å². The first-order chi connectivity index (χ1) is 10.3. The van der Waals surface area contributed by atoms with Crippen LogP contribution < -0.4 is 5.32 Å². The molecule has 1 heterocycles. The number of carbonyl (C=O) groups excluding carboxylic acids is 1. The molecule has 2 unspecified atom stereocenters. The third-order valence-corrected chi connectivity index (χ3v) is 3.61. The van der Waals surface area contributed by atoms with Crippen LogP contribution in [0.5, 0.6) is 0 Å². The Kier molecular flexibility index (Phi) is 3.53. The predicted octanol–water partition coefficient (Wildman–Crippen LogP) is 3.08. The van der Waals surface area contributed by atoms with Crippen LogP contribution in [0, 0.1) is 17.2 Å². The number of hydrogen-bond donors (Lipinski definition) is 1. The minimum Gasteiger partial charge on any atom is -0.344 e. The van der Waals surface area contributed by atoms with Crippen LogP contribution in [0.15, 0.2) is 66.7 Å². The number of amides is 1. The van der Waals surface area contributed by atoms with Gasteiger partial charge in [-0.1, -0.05) is 66.7 Å². The van der Waals surface area contributed by atoms with Crippen LogP contribution in [-0.2, 0) is 4.79 Å². The summed E-state index contributed by atoms with van der Waals surface area (Å²) >= 11 is 0. The molecule has 0 saturated carbocycles. The minimum absolute atomic E-state index is 0.196. The molecule has 2 atom stereocenters. The Labute approximate surface area is 123 Å². The SMILES string of the molecule is N#CC1C(=O)NC(c2ccccc2)C=C1c1ccccc1. The monoisotopic (exact) mass is 274 g/mol. The van der Waals surface area contributed by atoms with Crippen LogP contribution in [-0.4, -0.2) is 5.91 Å². The van der Waals surface area contributed by atoms with E-state index in [1.807, 2.05) is 66.7 Å². The molecule has 3 rings (SSSR count). The van der Waals surface area contributed by atoms with Crippen molar-refractivity contribution in [3.63, 3.8) is 0 Å². The third-order valence-electron chi connectivity index (χ3n) is 3.61. The van der Waals surface area contributed by atoms with E-state index in [0.29, 0.717) is 0 Å². The van der Waals surface area contributed by atoms with Gasteiger partial charge in [-0.3, -0.25) is 4.79 Å². The first-order valence-electron chi connectivity index (χ1n) is 6.81. The normalized spacial score (nSPS) is 21.1. The van der Waals surface area contributed by atoms with Crippen molar-refractivity contribution in [2.45, 2.75) is 6.04 Å². The second-order valence-corrected chi connectivity index (χ2v) is 4.95. The smallest absolute Gasteiger partial charge is 0.242 e. The fourth-order valence-corrected chi connectivity index (χ4v) is 2.56. The molecule has 1 aliphatic rings. The summed E-state index contributed by atoms with van der Waals surface area (Å²) in [4.78, 5) is 12.2. The summed E-state index contributed by atoms with van der Waals surface area (Å²) in [6, 6.07) is 21.2. The molecule has 0 saturated heterocycles. The van der Waals surface area contributed by atoms with Gasteiger partial charge in [-0.05, 0) is 16.7 Å². The van der Waals surface area contributed by atoms with Crippen molar-refractivity contribution >= 4 is 11.5 Å². The third kappa shape index (κ3) is 2.56. The summed E-state index contributed by atoms with van der Waals surface area (Å²) in [5.74, 6) is -1.000. The number of carbonyl (C=O) groups is 1. The number of hydrogen-bond acceptors (Lipinski definition) is 2. The number of nitrogens with zero attached hydrogens (tertiary/aromatic N) is 1. The summed E-state index contributed by atoms with van der Waals surface area (Å²) in [5.41, 5.74) is 2.70. The van der Waals surface area contributed by atoms with E-state index in [0.717, 1.165) is 16.7 Å². The largest absolute Gasteiger partial charge is 0.344 e. The van der Waals surface area contributed by atoms with Gasteiger partial charge in [0, 0.05) is 0 Å². The fourth-order valence-electron chi connectivity index (χ4n) is 2.56. The molecule has 2 aromatic carbocycles. The van der Waals surface area contributed by atoms with Gasteiger partial charge >= 0.3 is 0 Å². The maximum atomic E-state index is 12.2. The van der Waals surface area contributed by atoms with Gasteiger partial charge in [0.05, 0.1) is 12.1 Å². The lowest BCUT2D eigenvalue weighted by atomic mass is 9.86. The van der Waals surface area contributed by atoms with E-state index >= 15 is 0 Å². The van der Waals surface area contributed by atoms with Gasteiger partial charge in [-0.25, -0.2) is 0 Å². The summed E-state index contributed by atoms with van der Waals surface area (Å²) in [5, 5.41) is 12.2. The van der Waals surface area contributed by atoms with E-state index in [4.69, 9.17) is 0 Å². The second-order valence-electron chi connectivity index (χ2n) is 4.95. The molecule has 1 amide bonds. The Balaban J connectivity index is 2.07. The highest BCUT2D eigenvalue weighted by atomic mass is 16.2. The topological polar surface area (TPSA) is 52.9 Å². The van der Waals surface area contributed by atoms with Gasteiger partial charge in [0.2, 0.25) is 5.91 Å². The lowest BCUT2D eigenvalue weighted by Gasteiger charge is -2.26. The molecule has 3 heteroatoms. The molecule has 0 radical (unpaired) electrons. The Hall–Kier alpha value is -2.86. The van der Waals surface area contributed by atoms with Crippen LogP contribution in [0.3, 0.4) is 0 Å². The summed E-state index contributed by atoms with van der Waals surface area (Å²) in [6.07, 6.45) is 1.97. The molecule has 21 heavy (non-hydrogen) atoms. The fraction of sp³-hybridized carbons (Fsp3) is 0.111. The lowest BCUT2D eigenvalue weighted by molar-refractivity contribution is -0.122. The van der Waals surface area contributed by atoms with Crippen LogP contribution in [0.4, 0.5) is 0 Å². The first kappa shape index (κ1) is 13.1. The van der Waals surface area contributed by atoms with Crippen molar-refractivity contribution in [1.82, 2.24) is 5.32 Å². The van der Waals surface area contributed by atoms with Crippen molar-refractivity contribution < 1.29 is 4.79 Å². The molecular weight excluding hydrogens is 260 g/mol. The Morgan fingerprint density at radius 1 is 0.952 bits per heavy atom. The molecule has 0 aromatic heterocycles. The van der Waals surface area contributed by atoms with Crippen molar-refractivity contribution in [2.75, 3.05) is 0 Å². The predicted molar refractivity (Wildman–Crippen MR) is 80.8 cm³/mol. The number of nitrogens with one attached hydrogen (secondary N) is 1. The average Bonchev–Trinajstić information content (AvgIpc) is 2.55. The van der Waals surface area contributed by atoms with Gasteiger partial charge in [0.25, 0.3) is 0 Å². The highest BCUT2D eigenvalue weighted by Crippen LogP contribution is 2.31. The van der Waals surface area contributed by atoms with Crippen LogP contribution >= 0.6 is 0 Å². The van der Waals surface area contributed by atoms with Crippen molar-refractivity contribution in [3.8, 4) is 6.07 Å². The number of nitriles is 1. The lowest BCUT2D eigenvalue weighted by Crippen LogP contribution is -2.37. The van der Waals surface area contributed by atoms with E-state index in [2.05, 4.69) is 11.4 Å². The molecule has 0 spiro atoms. The van der Waals surface area contributed by atoms with E-state index in [1.165, 1.54) is 0 Å². The van der Waals surface area contributed by atoms with Gasteiger partial charge < -0.3 is 5.32 Å². The van der Waals surface area contributed by atoms with Crippen molar-refractivity contribution in [3.05, 3.63) is 77.9 Å². The highest BCUT2D eigenvalue weighted by Gasteiger charge is 2.31. The Bertz CT molecular complexity index is 714. The van der Waals surface area contributed by atoms with Gasteiger partial charge in [-0.2, -0.15) is 5.26 Å². The molecular formula is C18H14N2O. The zero-order chi connectivity index (χ0) is 14.7. The Morgan fingerprint density at radius 2 is 1.57 bits per heavy atom. The van der Waals surface area contributed by atoms with Crippen molar-refractivity contribution in [2.24, 2.45) is 5.92 Å². The summed E-state index contributed by atoms with van der Waals surface area (Å²) in [7, 11) is 0. The standard InChI is InChI=1S/C18H14N2O/c19-12-16-15(13-7-3-1-4-8-13)11-17(20-18(16)21)14-9-5-2-6-10-14/h1-11,16-17H,(H,20,21). The van der Waals surface area contributed by atoms with Crippen LogP contribution in [0.2, 0.25) is 0 Å². The molecule has 2 aromatic rings. The van der Waals surface area contributed by atoms with Gasteiger partial charge in [0.1, 0.15) is 0 Å². The van der Waals surface area contributed by atoms with Crippen LogP contribution in [0.1, 0.15) is 17.2 Å². The van der Waals surface area contributed by atoms with Crippen LogP contribution in [0.25, 0.3) is 5.57 Å². The molecule has 0 fully saturated rings. The molecule has 1 N–H and O–H groups in total. The Morgan fingerprint density at radius 3 is 2.19 bits per heavy atom. The van der Waals surface area contributed by atoms with E-state index < -0.39 is 5.92 Å². The van der Waals surface area contributed by atoms with Gasteiger partial charge in [0.15, 0.2) is 5.92 Å². The molecule has 0 aliphatic carbocycles. The zero-order valence-corrected chi connectivity index (χ0v) is 11.4. The number of benzene rings is 2. The maximum Gasteiger partial charge on any atom is 0.242 e. The number of rotatable bonds is 2. The quantitative estimate of drug-likeness (QED) is 0.915. The zero-order valence-electron chi connectivity index (χ0n) is 11.4.